The van der Waals surface area contributed by atoms with E-state index in [1.165, 1.54) is 16.7 Å². The molecule has 0 spiro atoms. The van der Waals surface area contributed by atoms with Gasteiger partial charge in [0.05, 0.1) is 10.5 Å². The molecule has 3 nitrogen and oxygen atoms in total. The summed E-state index contributed by atoms with van der Waals surface area (Å²) in [5, 5.41) is 5.33. The lowest BCUT2D eigenvalue weighted by Gasteiger charge is -2.29. The van der Waals surface area contributed by atoms with E-state index in [9.17, 15) is 0 Å². The summed E-state index contributed by atoms with van der Waals surface area (Å²) < 4.78 is 0. The van der Waals surface area contributed by atoms with Gasteiger partial charge < -0.3 is 5.32 Å². The van der Waals surface area contributed by atoms with Crippen LogP contribution in [0.2, 0.25) is 5.02 Å². The zero-order valence-corrected chi connectivity index (χ0v) is 18.4. The zero-order valence-electron chi connectivity index (χ0n) is 17.7. The van der Waals surface area contributed by atoms with Crippen LogP contribution in [0.5, 0.6) is 0 Å². The van der Waals surface area contributed by atoms with Crippen molar-refractivity contribution in [2.24, 2.45) is 0 Å². The van der Waals surface area contributed by atoms with E-state index in [-0.39, 0.29) is 0 Å². The average Bonchev–Trinajstić information content (AvgIpc) is 2.80. The number of nitrogens with zero attached hydrogens (tertiary/aromatic N) is 2. The van der Waals surface area contributed by atoms with E-state index in [0.717, 1.165) is 40.8 Å². The molecule has 1 unspecified atom stereocenters. The van der Waals surface area contributed by atoms with Gasteiger partial charge in [-0.2, -0.15) is 0 Å². The van der Waals surface area contributed by atoms with Crippen LogP contribution in [-0.4, -0.2) is 9.97 Å². The Labute approximate surface area is 187 Å². The Bertz CT molecular complexity index is 1310. The number of hydrogen-bond donors (Lipinski definition) is 1. The van der Waals surface area contributed by atoms with Gasteiger partial charge in [-0.3, -0.25) is 0 Å². The molecule has 0 aliphatic heterocycles. The largest absolute Gasteiger partial charge is 0.339 e. The monoisotopic (exact) mass is 425 g/mol. The standard InChI is InChI=1S/C27H24ClN3/c1-3-18-16-17(2)25(20-11-5-4-10-19(18)20)30-27-22-13-7-9-15-24(22)29-26(31-27)21-12-6-8-14-23(21)28/h4-15,18H,3,16H2,1-2H3,(H,29,30,31). The Morgan fingerprint density at radius 3 is 2.42 bits per heavy atom. The molecule has 5 rings (SSSR count). The molecule has 0 amide bonds. The molecule has 1 atom stereocenters. The van der Waals surface area contributed by atoms with Crippen LogP contribution in [0.3, 0.4) is 0 Å². The van der Waals surface area contributed by atoms with Gasteiger partial charge >= 0.3 is 0 Å². The molecule has 1 heterocycles. The van der Waals surface area contributed by atoms with Crippen LogP contribution in [0.4, 0.5) is 5.82 Å². The molecule has 4 aromatic rings. The summed E-state index contributed by atoms with van der Waals surface area (Å²) >= 11 is 6.47. The van der Waals surface area contributed by atoms with Crippen LogP contribution >= 0.6 is 11.6 Å². The summed E-state index contributed by atoms with van der Waals surface area (Å²) in [6, 6.07) is 24.5. The Kier molecular flexibility index (Phi) is 5.21. The molecule has 31 heavy (non-hydrogen) atoms. The normalized spacial score (nSPS) is 15.8. The molecule has 0 bridgehead atoms. The fourth-order valence-corrected chi connectivity index (χ4v) is 4.70. The van der Waals surface area contributed by atoms with Crippen LogP contribution in [-0.2, 0) is 0 Å². The van der Waals surface area contributed by atoms with Crippen molar-refractivity contribution < 1.29 is 0 Å². The SMILES string of the molecule is CCC1CC(C)=C(Nc2nc(-c3ccccc3Cl)nc3ccccc23)c2ccccc21. The van der Waals surface area contributed by atoms with Crippen molar-refractivity contribution in [3.05, 3.63) is 94.5 Å². The second kappa shape index (κ2) is 8.16. The summed E-state index contributed by atoms with van der Waals surface area (Å²) in [6.07, 6.45) is 2.19. The summed E-state index contributed by atoms with van der Waals surface area (Å²) in [5.41, 5.74) is 6.90. The Balaban J connectivity index is 1.67. The summed E-state index contributed by atoms with van der Waals surface area (Å²) in [6.45, 7) is 4.49. The number of aromatic nitrogens is 2. The second-order valence-electron chi connectivity index (χ2n) is 8.07. The molecule has 1 aliphatic carbocycles. The minimum absolute atomic E-state index is 0.558. The molecule has 3 aromatic carbocycles. The number of anilines is 1. The maximum Gasteiger partial charge on any atom is 0.163 e. The topological polar surface area (TPSA) is 37.8 Å². The highest BCUT2D eigenvalue weighted by Crippen LogP contribution is 2.41. The number of fused-ring (bicyclic) bond motifs is 2. The number of nitrogens with one attached hydrogen (secondary N) is 1. The van der Waals surface area contributed by atoms with Gasteiger partial charge in [-0.1, -0.05) is 67.1 Å². The minimum Gasteiger partial charge on any atom is -0.339 e. The van der Waals surface area contributed by atoms with E-state index in [0.29, 0.717) is 16.8 Å². The fourth-order valence-electron chi connectivity index (χ4n) is 4.48. The third-order valence-electron chi connectivity index (χ3n) is 6.10. The number of hydrogen-bond acceptors (Lipinski definition) is 3. The Morgan fingerprint density at radius 1 is 0.903 bits per heavy atom. The van der Waals surface area contributed by atoms with Gasteiger partial charge in [0.1, 0.15) is 5.82 Å². The number of benzene rings is 3. The first-order chi connectivity index (χ1) is 15.2. The highest BCUT2D eigenvalue weighted by molar-refractivity contribution is 6.33. The molecule has 1 aromatic heterocycles. The van der Waals surface area contributed by atoms with Gasteiger partial charge in [0.2, 0.25) is 0 Å². The molecule has 0 radical (unpaired) electrons. The fraction of sp³-hybridized carbons (Fsp3) is 0.185. The molecule has 0 fully saturated rings. The van der Waals surface area contributed by atoms with E-state index in [1.807, 2.05) is 42.5 Å². The maximum atomic E-state index is 6.47. The first-order valence-corrected chi connectivity index (χ1v) is 11.1. The summed E-state index contributed by atoms with van der Waals surface area (Å²) in [7, 11) is 0. The Hall–Kier alpha value is -3.17. The predicted octanol–water partition coefficient (Wildman–Crippen LogP) is 7.69. The lowest BCUT2D eigenvalue weighted by Crippen LogP contribution is -2.15. The molecule has 1 N–H and O–H groups in total. The van der Waals surface area contributed by atoms with Crippen molar-refractivity contribution in [3.8, 4) is 11.4 Å². The number of rotatable bonds is 4. The van der Waals surface area contributed by atoms with Crippen molar-refractivity contribution in [2.45, 2.75) is 32.6 Å². The van der Waals surface area contributed by atoms with Crippen LogP contribution in [0, 0.1) is 0 Å². The van der Waals surface area contributed by atoms with Crippen LogP contribution in [0.25, 0.3) is 28.0 Å². The van der Waals surface area contributed by atoms with E-state index < -0.39 is 0 Å². The average molecular weight is 426 g/mol. The van der Waals surface area contributed by atoms with E-state index >= 15 is 0 Å². The van der Waals surface area contributed by atoms with E-state index in [2.05, 4.69) is 49.5 Å². The molecule has 4 heteroatoms. The van der Waals surface area contributed by atoms with Crippen molar-refractivity contribution in [3.63, 3.8) is 0 Å². The smallest absolute Gasteiger partial charge is 0.163 e. The third kappa shape index (κ3) is 3.60. The van der Waals surface area contributed by atoms with Crippen molar-refractivity contribution in [2.75, 3.05) is 5.32 Å². The van der Waals surface area contributed by atoms with Crippen LogP contribution in [0.1, 0.15) is 43.7 Å². The van der Waals surface area contributed by atoms with Gasteiger partial charge in [0.25, 0.3) is 0 Å². The first kappa shape index (κ1) is 19.8. The Morgan fingerprint density at radius 2 is 1.61 bits per heavy atom. The van der Waals surface area contributed by atoms with Gasteiger partial charge in [-0.15, -0.1) is 0 Å². The maximum absolute atomic E-state index is 6.47. The van der Waals surface area contributed by atoms with Gasteiger partial charge in [0, 0.05) is 22.2 Å². The molecule has 0 saturated heterocycles. The highest BCUT2D eigenvalue weighted by Gasteiger charge is 2.24. The highest BCUT2D eigenvalue weighted by atomic mass is 35.5. The number of para-hydroxylation sites is 1. The molecule has 0 saturated carbocycles. The first-order valence-electron chi connectivity index (χ1n) is 10.7. The number of allylic oxidation sites excluding steroid dienone is 1. The van der Waals surface area contributed by atoms with Crippen molar-refractivity contribution in [1.29, 1.82) is 0 Å². The number of halogens is 1. The van der Waals surface area contributed by atoms with Crippen LogP contribution < -0.4 is 5.32 Å². The summed E-state index contributed by atoms with van der Waals surface area (Å²) in [5.74, 6) is 1.99. The van der Waals surface area contributed by atoms with Crippen molar-refractivity contribution >= 4 is 34.0 Å². The lowest BCUT2D eigenvalue weighted by atomic mass is 9.80. The third-order valence-corrected chi connectivity index (χ3v) is 6.43. The minimum atomic E-state index is 0.558. The van der Waals surface area contributed by atoms with Crippen LogP contribution in [0.15, 0.2) is 78.4 Å². The van der Waals surface area contributed by atoms with E-state index in [1.54, 1.807) is 0 Å². The molecule has 1 aliphatic rings. The zero-order chi connectivity index (χ0) is 21.4. The van der Waals surface area contributed by atoms with Crippen molar-refractivity contribution in [1.82, 2.24) is 9.97 Å². The second-order valence-corrected chi connectivity index (χ2v) is 8.48. The van der Waals surface area contributed by atoms with Gasteiger partial charge in [-0.05, 0) is 61.1 Å². The molecular weight excluding hydrogens is 402 g/mol. The van der Waals surface area contributed by atoms with E-state index in [4.69, 9.17) is 21.6 Å². The predicted molar refractivity (Wildman–Crippen MR) is 130 cm³/mol. The summed E-state index contributed by atoms with van der Waals surface area (Å²) in [4.78, 5) is 9.73. The quantitative estimate of drug-likeness (QED) is 0.364. The molecular formula is C27H24ClN3. The lowest BCUT2D eigenvalue weighted by molar-refractivity contribution is 0.646. The van der Waals surface area contributed by atoms with Gasteiger partial charge in [-0.25, -0.2) is 9.97 Å². The van der Waals surface area contributed by atoms with Gasteiger partial charge in [0.15, 0.2) is 5.82 Å². The molecule has 154 valence electrons.